The van der Waals surface area contributed by atoms with Crippen LogP contribution in [0.25, 0.3) is 11.1 Å². The van der Waals surface area contributed by atoms with Crippen molar-refractivity contribution >= 4 is 17.4 Å². The second-order valence-electron chi connectivity index (χ2n) is 9.82. The van der Waals surface area contributed by atoms with Crippen molar-refractivity contribution in [2.24, 2.45) is 0 Å². The summed E-state index contributed by atoms with van der Waals surface area (Å²) in [5.74, 6) is 0.157. The minimum atomic E-state index is -5.00. The van der Waals surface area contributed by atoms with Crippen molar-refractivity contribution < 1.29 is 41.7 Å². The zero-order chi connectivity index (χ0) is 28.7. The van der Waals surface area contributed by atoms with Gasteiger partial charge in [0.25, 0.3) is 0 Å². The molecule has 0 radical (unpaired) electrons. The van der Waals surface area contributed by atoms with Crippen LogP contribution in [0.1, 0.15) is 31.2 Å². The number of ether oxygens (including phenoxy) is 3. The number of hydrogen-bond acceptors (Lipinski definition) is 7. The Hall–Kier alpha value is -3.16. The molecule has 13 heteroatoms. The number of rotatable bonds is 5. The number of morpholine rings is 1. The Morgan fingerprint density at radius 2 is 1.68 bits per heavy atom. The molecule has 0 atom stereocenters. The first kappa shape index (κ1) is 29.8. The highest BCUT2D eigenvalue weighted by molar-refractivity contribution is 5.91. The van der Waals surface area contributed by atoms with Gasteiger partial charge in [-0.2, -0.15) is 0 Å². The quantitative estimate of drug-likeness (QED) is 0.503. The molecule has 9 nitrogen and oxygen atoms in total. The van der Waals surface area contributed by atoms with Crippen molar-refractivity contribution in [1.29, 1.82) is 0 Å². The SMILES string of the molecule is Cc1cc(F)c(NC(=O)N2CCCC2)cc1-c1cnc(OC2CCOCC2)c(N2CCOCC2)c1.OC(F)(F)F. The summed E-state index contributed by atoms with van der Waals surface area (Å²) in [7, 11) is 0. The van der Waals surface area contributed by atoms with E-state index < -0.39 is 12.2 Å². The number of halogens is 4. The molecule has 3 aliphatic rings. The Morgan fingerprint density at radius 1 is 1.05 bits per heavy atom. The number of carbonyl (C=O) groups is 1. The van der Waals surface area contributed by atoms with Gasteiger partial charge in [-0.1, -0.05) is 0 Å². The molecule has 0 bridgehead atoms. The molecule has 0 unspecified atom stereocenters. The van der Waals surface area contributed by atoms with Gasteiger partial charge in [-0.3, -0.25) is 0 Å². The number of urea groups is 1. The first-order chi connectivity index (χ1) is 19.1. The zero-order valence-corrected chi connectivity index (χ0v) is 22.3. The number of aliphatic hydroxyl groups is 1. The second-order valence-corrected chi connectivity index (χ2v) is 9.82. The predicted octanol–water partition coefficient (Wildman–Crippen LogP) is 4.72. The fourth-order valence-electron chi connectivity index (χ4n) is 4.86. The summed E-state index contributed by atoms with van der Waals surface area (Å²) in [5, 5.41) is 9.28. The normalized spacial score (nSPS) is 18.2. The summed E-state index contributed by atoms with van der Waals surface area (Å²) in [6.45, 7) is 7.43. The van der Waals surface area contributed by atoms with Crippen molar-refractivity contribution in [2.75, 3.05) is 62.8 Å². The fraction of sp³-hybridized carbons (Fsp3) is 0.556. The second kappa shape index (κ2) is 13.5. The maximum atomic E-state index is 14.8. The third-order valence-electron chi connectivity index (χ3n) is 6.89. The highest BCUT2D eigenvalue weighted by Crippen LogP contribution is 2.36. The average Bonchev–Trinajstić information content (AvgIpc) is 3.46. The lowest BCUT2D eigenvalue weighted by Crippen LogP contribution is -2.37. The van der Waals surface area contributed by atoms with Crippen molar-refractivity contribution in [2.45, 2.75) is 45.1 Å². The number of likely N-dealkylation sites (tertiary alicyclic amines) is 1. The van der Waals surface area contributed by atoms with Gasteiger partial charge >= 0.3 is 12.4 Å². The molecule has 2 N–H and O–H groups in total. The molecule has 1 aromatic heterocycles. The Morgan fingerprint density at radius 3 is 2.33 bits per heavy atom. The molecule has 4 heterocycles. The van der Waals surface area contributed by atoms with E-state index in [-0.39, 0.29) is 17.8 Å². The number of hydrogen-bond donors (Lipinski definition) is 2. The predicted molar refractivity (Wildman–Crippen MR) is 140 cm³/mol. The molecule has 2 aromatic rings. The Kier molecular flexibility index (Phi) is 10.0. The van der Waals surface area contributed by atoms with E-state index in [2.05, 4.69) is 16.3 Å². The van der Waals surface area contributed by atoms with Gasteiger partial charge in [-0.25, -0.2) is 14.2 Å². The minimum absolute atomic E-state index is 0.0712. The van der Waals surface area contributed by atoms with E-state index in [1.165, 1.54) is 6.07 Å². The van der Waals surface area contributed by atoms with Gasteiger partial charge in [0.05, 0.1) is 32.1 Å². The van der Waals surface area contributed by atoms with E-state index in [9.17, 15) is 22.4 Å². The lowest BCUT2D eigenvalue weighted by Gasteiger charge is -2.31. The number of alkyl halides is 3. The van der Waals surface area contributed by atoms with Crippen molar-refractivity contribution in [3.8, 4) is 17.0 Å². The Bertz CT molecular complexity index is 1140. The number of aryl methyl sites for hydroxylation is 1. The van der Waals surface area contributed by atoms with E-state index in [0.29, 0.717) is 45.4 Å². The molecule has 40 heavy (non-hydrogen) atoms. The van der Waals surface area contributed by atoms with Crippen molar-refractivity contribution in [1.82, 2.24) is 9.88 Å². The lowest BCUT2D eigenvalue weighted by molar-refractivity contribution is -0.295. The molecule has 2 amide bonds. The molecular formula is C27H34F4N4O5. The number of anilines is 2. The van der Waals surface area contributed by atoms with Crippen molar-refractivity contribution in [3.63, 3.8) is 0 Å². The first-order valence-electron chi connectivity index (χ1n) is 13.3. The summed E-state index contributed by atoms with van der Waals surface area (Å²) in [5.41, 5.74) is 3.53. The number of nitrogens with zero attached hydrogens (tertiary/aromatic N) is 3. The number of nitrogens with one attached hydrogen (secondary N) is 1. The molecule has 3 fully saturated rings. The van der Waals surface area contributed by atoms with Gasteiger partial charge in [0, 0.05) is 50.8 Å². The van der Waals surface area contributed by atoms with Crippen LogP contribution in [-0.2, 0) is 9.47 Å². The molecule has 1 aromatic carbocycles. The average molecular weight is 571 g/mol. The van der Waals surface area contributed by atoms with Crippen LogP contribution in [0, 0.1) is 12.7 Å². The molecule has 3 saturated heterocycles. The fourth-order valence-corrected chi connectivity index (χ4v) is 4.86. The van der Waals surface area contributed by atoms with Gasteiger partial charge < -0.3 is 34.4 Å². The summed E-state index contributed by atoms with van der Waals surface area (Å²) >= 11 is 0. The Labute approximate surface area is 230 Å². The molecule has 0 saturated carbocycles. The molecule has 220 valence electrons. The molecule has 5 rings (SSSR count). The van der Waals surface area contributed by atoms with E-state index in [0.717, 1.165) is 61.2 Å². The van der Waals surface area contributed by atoms with Crippen LogP contribution in [-0.4, -0.2) is 86.1 Å². The number of benzene rings is 1. The first-order valence-corrected chi connectivity index (χ1v) is 13.3. The summed E-state index contributed by atoms with van der Waals surface area (Å²) in [4.78, 5) is 21.2. The van der Waals surface area contributed by atoms with E-state index in [4.69, 9.17) is 24.3 Å². The van der Waals surface area contributed by atoms with E-state index >= 15 is 0 Å². The molecule has 0 aliphatic carbocycles. The maximum absolute atomic E-state index is 14.8. The van der Waals surface area contributed by atoms with Crippen LogP contribution in [0.4, 0.5) is 33.7 Å². The topological polar surface area (TPSA) is 96.4 Å². The van der Waals surface area contributed by atoms with Crippen LogP contribution < -0.4 is 15.0 Å². The lowest BCUT2D eigenvalue weighted by atomic mass is 10.00. The number of pyridine rings is 1. The standard InChI is InChI=1S/C26H33FN4O4.CHF3O/c1-18-14-22(27)23(29-26(32)31-6-2-3-7-31)16-21(18)19-15-24(30-8-12-34-13-9-30)25(28-17-19)35-20-4-10-33-11-5-20;2-1(3,4)5/h14-17,20H,2-13H2,1H3,(H,29,32);5H. The zero-order valence-electron chi connectivity index (χ0n) is 22.3. The number of amides is 2. The molecular weight excluding hydrogens is 536 g/mol. The van der Waals surface area contributed by atoms with Crippen molar-refractivity contribution in [3.05, 3.63) is 35.8 Å². The van der Waals surface area contributed by atoms with Gasteiger partial charge in [-0.15, -0.1) is 13.2 Å². The summed E-state index contributed by atoms with van der Waals surface area (Å²) < 4.78 is 61.8. The number of aromatic nitrogens is 1. The third kappa shape index (κ3) is 8.42. The van der Waals surface area contributed by atoms with Crippen LogP contribution >= 0.6 is 0 Å². The van der Waals surface area contributed by atoms with Gasteiger partial charge in [-0.05, 0) is 49.1 Å². The van der Waals surface area contributed by atoms with Crippen LogP contribution in [0.3, 0.4) is 0 Å². The van der Waals surface area contributed by atoms with Gasteiger partial charge in [0.2, 0.25) is 5.88 Å². The Balaban J connectivity index is 0.000000681. The van der Waals surface area contributed by atoms with E-state index in [1.807, 2.05) is 6.92 Å². The van der Waals surface area contributed by atoms with Crippen LogP contribution in [0.2, 0.25) is 0 Å². The highest BCUT2D eigenvalue weighted by atomic mass is 19.4. The van der Waals surface area contributed by atoms with Crippen LogP contribution in [0.15, 0.2) is 24.4 Å². The molecule has 3 aliphatic heterocycles. The summed E-state index contributed by atoms with van der Waals surface area (Å²) in [6, 6.07) is 4.97. The van der Waals surface area contributed by atoms with Gasteiger partial charge in [0.15, 0.2) is 0 Å². The van der Waals surface area contributed by atoms with Crippen LogP contribution in [0.5, 0.6) is 5.88 Å². The minimum Gasteiger partial charge on any atom is -0.473 e. The number of carbonyl (C=O) groups excluding carboxylic acids is 1. The smallest absolute Gasteiger partial charge is 0.473 e. The van der Waals surface area contributed by atoms with Gasteiger partial charge in [0.1, 0.15) is 17.6 Å². The monoisotopic (exact) mass is 570 g/mol. The summed E-state index contributed by atoms with van der Waals surface area (Å²) in [6.07, 6.45) is 0.472. The maximum Gasteiger partial charge on any atom is 0.519 e. The molecule has 0 spiro atoms. The third-order valence-corrected chi connectivity index (χ3v) is 6.89. The largest absolute Gasteiger partial charge is 0.519 e. The highest BCUT2D eigenvalue weighted by Gasteiger charge is 2.24. The van der Waals surface area contributed by atoms with E-state index in [1.54, 1.807) is 17.2 Å².